The Morgan fingerprint density at radius 1 is 1.29 bits per heavy atom. The number of ether oxygens (including phenoxy) is 1. The van der Waals surface area contributed by atoms with Crippen LogP contribution < -0.4 is 4.74 Å². The average Bonchev–Trinajstić information content (AvgIpc) is 2.53. The van der Waals surface area contributed by atoms with Crippen molar-refractivity contribution in [3.63, 3.8) is 0 Å². The van der Waals surface area contributed by atoms with Crippen LogP contribution in [-0.4, -0.2) is 51.5 Å². The molecule has 0 N–H and O–H groups in total. The summed E-state index contributed by atoms with van der Waals surface area (Å²) in [7, 11) is -3.05. The van der Waals surface area contributed by atoms with E-state index in [-0.39, 0.29) is 11.4 Å². The number of aromatic nitrogens is 2. The average molecular weight is 444 g/mol. The molecule has 1 unspecified atom stereocenters. The van der Waals surface area contributed by atoms with E-state index >= 15 is 0 Å². The highest BCUT2D eigenvalue weighted by atomic mass is 35.5. The summed E-state index contributed by atoms with van der Waals surface area (Å²) < 4.78 is 44.9. The molecule has 7 nitrogen and oxygen atoms in total. The molecule has 2 aromatic rings. The van der Waals surface area contributed by atoms with Crippen molar-refractivity contribution in [1.29, 1.82) is 0 Å². The van der Waals surface area contributed by atoms with E-state index < -0.39 is 25.9 Å². The van der Waals surface area contributed by atoms with E-state index in [0.29, 0.717) is 34.8 Å². The molecule has 10 heteroatoms. The molecule has 3 rings (SSSR count). The maximum Gasteiger partial charge on any atom is 0.223 e. The first-order valence-electron chi connectivity index (χ1n) is 8.71. The molecular weight excluding hydrogens is 422 g/mol. The van der Waals surface area contributed by atoms with Gasteiger partial charge in [0.15, 0.2) is 9.84 Å². The molecular formula is C18H22ClN3O4S2. The molecule has 2 aromatic heterocycles. The van der Waals surface area contributed by atoms with Gasteiger partial charge >= 0.3 is 0 Å². The molecule has 0 aliphatic heterocycles. The number of rotatable bonds is 5. The summed E-state index contributed by atoms with van der Waals surface area (Å²) >= 11 is 4.65. The summed E-state index contributed by atoms with van der Waals surface area (Å²) in [5, 5.41) is 1.29. The van der Waals surface area contributed by atoms with Gasteiger partial charge in [-0.1, -0.05) is 16.0 Å². The molecule has 1 fully saturated rings. The van der Waals surface area contributed by atoms with Crippen molar-refractivity contribution in [1.82, 2.24) is 9.97 Å². The van der Waals surface area contributed by atoms with Gasteiger partial charge in [0, 0.05) is 42.4 Å². The highest BCUT2D eigenvalue weighted by molar-refractivity contribution is 7.91. The Hall–Kier alpha value is -1.42. The largest absolute Gasteiger partial charge is 0.591 e. The second kappa shape index (κ2) is 7.78. The van der Waals surface area contributed by atoms with Gasteiger partial charge in [-0.2, -0.15) is 0 Å². The number of hydrogen-bond donors (Lipinski definition) is 0. The van der Waals surface area contributed by atoms with Crippen LogP contribution in [0.15, 0.2) is 22.9 Å². The van der Waals surface area contributed by atoms with E-state index in [9.17, 15) is 13.0 Å². The van der Waals surface area contributed by atoms with Gasteiger partial charge in [-0.15, -0.1) is 0 Å². The minimum atomic E-state index is -3.05. The Balaban J connectivity index is 1.88. The SMILES string of the molecule is CC(C)(C)[S+]([O-])N=Cc1cnc(OC2CC(S(C)(=O)=O)C2)c2cnc(Cl)cc12. The van der Waals surface area contributed by atoms with Crippen LogP contribution in [0.4, 0.5) is 0 Å². The third-order valence-corrected chi connectivity index (χ3v) is 7.63. The Kier molecular flexibility index (Phi) is 5.91. The lowest BCUT2D eigenvalue weighted by Gasteiger charge is -2.33. The molecule has 0 bridgehead atoms. The fourth-order valence-corrected chi connectivity index (χ4v) is 4.50. The van der Waals surface area contributed by atoms with Crippen molar-refractivity contribution in [2.45, 2.75) is 49.7 Å². The highest BCUT2D eigenvalue weighted by Crippen LogP contribution is 2.33. The van der Waals surface area contributed by atoms with Crippen LogP contribution in [-0.2, 0) is 21.2 Å². The van der Waals surface area contributed by atoms with Crippen molar-refractivity contribution >= 4 is 49.8 Å². The standard InChI is InChI=1S/C18H22ClN3O4S2/c1-18(2,3)27(23)22-9-11-8-21-17(15-10-20-16(19)7-14(11)15)26-12-5-13(6-12)28(4,24)25/h7-10,12-13H,5-6H2,1-4H3. The van der Waals surface area contributed by atoms with Crippen LogP contribution in [0.2, 0.25) is 5.15 Å². The van der Waals surface area contributed by atoms with E-state index in [0.717, 1.165) is 5.39 Å². The topological polar surface area (TPSA) is 105 Å². The zero-order chi connectivity index (χ0) is 20.7. The van der Waals surface area contributed by atoms with Gasteiger partial charge in [-0.05, 0) is 26.8 Å². The first kappa shape index (κ1) is 21.3. The van der Waals surface area contributed by atoms with Crippen molar-refractivity contribution in [3.8, 4) is 5.88 Å². The fraction of sp³-hybridized carbons (Fsp3) is 0.500. The quantitative estimate of drug-likeness (QED) is 0.399. The molecule has 0 spiro atoms. The first-order chi connectivity index (χ1) is 12.9. The highest BCUT2D eigenvalue weighted by Gasteiger charge is 2.38. The molecule has 0 radical (unpaired) electrons. The van der Waals surface area contributed by atoms with E-state index in [1.165, 1.54) is 12.5 Å². The Morgan fingerprint density at radius 3 is 2.57 bits per heavy atom. The Labute approximate surface area is 172 Å². The fourth-order valence-electron chi connectivity index (χ4n) is 2.69. The zero-order valence-electron chi connectivity index (χ0n) is 16.0. The Bertz CT molecular complexity index is 1020. The van der Waals surface area contributed by atoms with Crippen molar-refractivity contribution in [2.24, 2.45) is 4.40 Å². The minimum Gasteiger partial charge on any atom is -0.591 e. The molecule has 1 saturated carbocycles. The van der Waals surface area contributed by atoms with E-state index in [1.54, 1.807) is 18.5 Å². The second-order valence-electron chi connectivity index (χ2n) is 7.83. The maximum atomic E-state index is 12.2. The smallest absolute Gasteiger partial charge is 0.223 e. The van der Waals surface area contributed by atoms with Gasteiger partial charge < -0.3 is 9.29 Å². The number of nitrogens with zero attached hydrogens (tertiary/aromatic N) is 3. The van der Waals surface area contributed by atoms with Gasteiger partial charge in [0.2, 0.25) is 5.88 Å². The summed E-state index contributed by atoms with van der Waals surface area (Å²) in [5.41, 5.74) is 0.645. The number of pyridine rings is 2. The van der Waals surface area contributed by atoms with Crippen LogP contribution in [0.25, 0.3) is 10.8 Å². The number of hydrogen-bond acceptors (Lipinski definition) is 7. The monoisotopic (exact) mass is 443 g/mol. The van der Waals surface area contributed by atoms with Gasteiger partial charge in [-0.25, -0.2) is 18.4 Å². The van der Waals surface area contributed by atoms with Crippen LogP contribution in [0, 0.1) is 0 Å². The van der Waals surface area contributed by atoms with Crippen molar-refractivity contribution in [2.75, 3.05) is 6.26 Å². The van der Waals surface area contributed by atoms with Crippen LogP contribution in [0.5, 0.6) is 5.88 Å². The normalized spacial score (nSPS) is 21.6. The van der Waals surface area contributed by atoms with Crippen LogP contribution in [0.1, 0.15) is 39.2 Å². The molecule has 1 aliphatic carbocycles. The zero-order valence-corrected chi connectivity index (χ0v) is 18.4. The van der Waals surface area contributed by atoms with Crippen LogP contribution >= 0.6 is 11.6 Å². The predicted octanol–water partition coefficient (Wildman–Crippen LogP) is 3.12. The molecule has 1 atom stereocenters. The predicted molar refractivity (Wildman–Crippen MR) is 112 cm³/mol. The van der Waals surface area contributed by atoms with Gasteiger partial charge in [-0.3, -0.25) is 0 Å². The first-order valence-corrected chi connectivity index (χ1v) is 12.1. The minimum absolute atomic E-state index is 0.209. The molecule has 152 valence electrons. The van der Waals surface area contributed by atoms with Gasteiger partial charge in [0.1, 0.15) is 27.4 Å². The summed E-state index contributed by atoms with van der Waals surface area (Å²) in [5.74, 6) is 0.366. The van der Waals surface area contributed by atoms with E-state index in [2.05, 4.69) is 14.4 Å². The number of fused-ring (bicyclic) bond motifs is 1. The van der Waals surface area contributed by atoms with Crippen LogP contribution in [0.3, 0.4) is 0 Å². The summed E-state index contributed by atoms with van der Waals surface area (Å²) in [6, 6.07) is 1.67. The number of sulfone groups is 1. The third-order valence-electron chi connectivity index (χ3n) is 4.48. The molecule has 2 heterocycles. The molecule has 1 aliphatic rings. The lowest BCUT2D eigenvalue weighted by molar-refractivity contribution is 0.119. The Morgan fingerprint density at radius 2 is 1.96 bits per heavy atom. The molecule has 0 aromatic carbocycles. The lowest BCUT2D eigenvalue weighted by atomic mass is 9.95. The van der Waals surface area contributed by atoms with Gasteiger partial charge in [0.25, 0.3) is 0 Å². The van der Waals surface area contributed by atoms with Gasteiger partial charge in [0.05, 0.1) is 16.9 Å². The summed E-state index contributed by atoms with van der Waals surface area (Å²) in [6.07, 6.45) is 6.56. The maximum absolute atomic E-state index is 12.2. The molecule has 0 amide bonds. The van der Waals surface area contributed by atoms with Crippen molar-refractivity contribution in [3.05, 3.63) is 29.2 Å². The van der Waals surface area contributed by atoms with Crippen molar-refractivity contribution < 1.29 is 17.7 Å². The lowest BCUT2D eigenvalue weighted by Crippen LogP contribution is -2.42. The third kappa shape index (κ3) is 4.76. The van der Waals surface area contributed by atoms with E-state index in [1.807, 2.05) is 20.8 Å². The molecule has 0 saturated heterocycles. The number of halogens is 1. The molecule has 28 heavy (non-hydrogen) atoms. The summed E-state index contributed by atoms with van der Waals surface area (Å²) in [4.78, 5) is 8.43. The summed E-state index contributed by atoms with van der Waals surface area (Å²) in [6.45, 7) is 5.53. The second-order valence-corrected chi connectivity index (χ2v) is 12.5. The van der Waals surface area contributed by atoms with E-state index in [4.69, 9.17) is 16.3 Å².